The van der Waals surface area contributed by atoms with Gasteiger partial charge in [-0.15, -0.1) is 0 Å². The predicted molar refractivity (Wildman–Crippen MR) is 64.7 cm³/mol. The van der Waals surface area contributed by atoms with E-state index in [9.17, 15) is 9.18 Å². The lowest BCUT2D eigenvalue weighted by Gasteiger charge is -2.07. The highest BCUT2D eigenvalue weighted by atomic mass is 35.5. The first-order chi connectivity index (χ1) is 8.04. The summed E-state index contributed by atoms with van der Waals surface area (Å²) in [6.45, 7) is 2.35. The summed E-state index contributed by atoms with van der Waals surface area (Å²) in [7, 11) is 1.33. The lowest BCUT2D eigenvalue weighted by molar-refractivity contribution is -0.139. The van der Waals surface area contributed by atoms with E-state index in [0.717, 1.165) is 5.56 Å². The smallest absolute Gasteiger partial charge is 0.319 e. The van der Waals surface area contributed by atoms with Gasteiger partial charge in [0.15, 0.2) is 0 Å². The van der Waals surface area contributed by atoms with Crippen molar-refractivity contribution in [3.8, 4) is 0 Å². The quantitative estimate of drug-likeness (QED) is 0.650. The molecule has 0 saturated heterocycles. The van der Waals surface area contributed by atoms with Crippen LogP contribution in [0.4, 0.5) is 4.39 Å². The van der Waals surface area contributed by atoms with Crippen molar-refractivity contribution >= 4 is 17.6 Å². The summed E-state index contributed by atoms with van der Waals surface area (Å²) in [5, 5.41) is 3.44. The first-order valence-electron chi connectivity index (χ1n) is 5.26. The standard InChI is InChI=1S/C12H15ClFNO2/c1-8-5-10(13)9(6-11(8)14)3-4-15-7-12(16)17-2/h5-6,15H,3-4,7H2,1-2H3. The van der Waals surface area contributed by atoms with Crippen LogP contribution in [0.2, 0.25) is 5.02 Å². The van der Waals surface area contributed by atoms with E-state index in [4.69, 9.17) is 11.6 Å². The number of methoxy groups -OCH3 is 1. The highest BCUT2D eigenvalue weighted by Crippen LogP contribution is 2.20. The molecule has 0 aliphatic heterocycles. The number of halogens is 2. The van der Waals surface area contributed by atoms with Crippen LogP contribution in [0.5, 0.6) is 0 Å². The van der Waals surface area contributed by atoms with E-state index in [0.29, 0.717) is 23.6 Å². The fourth-order valence-corrected chi connectivity index (χ4v) is 1.68. The Hall–Kier alpha value is -1.13. The minimum absolute atomic E-state index is 0.141. The molecular weight excluding hydrogens is 245 g/mol. The second-order valence-corrected chi connectivity index (χ2v) is 4.10. The molecule has 0 fully saturated rings. The molecule has 0 saturated carbocycles. The van der Waals surface area contributed by atoms with Gasteiger partial charge in [-0.1, -0.05) is 11.6 Å². The molecule has 0 bridgehead atoms. The predicted octanol–water partition coefficient (Wildman–Crippen LogP) is 2.09. The Kier molecular flexibility index (Phi) is 5.38. The van der Waals surface area contributed by atoms with Gasteiger partial charge in [0.1, 0.15) is 5.82 Å². The fourth-order valence-electron chi connectivity index (χ4n) is 1.36. The van der Waals surface area contributed by atoms with Gasteiger partial charge in [0.2, 0.25) is 0 Å². The molecule has 0 aliphatic rings. The summed E-state index contributed by atoms with van der Waals surface area (Å²) in [5.74, 6) is -0.594. The van der Waals surface area contributed by atoms with Crippen molar-refractivity contribution in [3.05, 3.63) is 34.1 Å². The van der Waals surface area contributed by atoms with E-state index in [1.807, 2.05) is 0 Å². The van der Waals surface area contributed by atoms with Crippen LogP contribution in [0, 0.1) is 12.7 Å². The van der Waals surface area contributed by atoms with Crippen LogP contribution in [-0.2, 0) is 16.0 Å². The topological polar surface area (TPSA) is 38.3 Å². The summed E-state index contributed by atoms with van der Waals surface area (Å²) in [6, 6.07) is 3.03. The number of carbonyl (C=O) groups is 1. The first kappa shape index (κ1) is 13.9. The molecule has 1 N–H and O–H groups in total. The minimum Gasteiger partial charge on any atom is -0.468 e. The number of nitrogens with one attached hydrogen (secondary N) is 1. The number of benzene rings is 1. The molecule has 0 spiro atoms. The Balaban J connectivity index is 2.47. The molecule has 1 aromatic rings. The Bertz CT molecular complexity index is 410. The van der Waals surface area contributed by atoms with Crippen molar-refractivity contribution in [2.45, 2.75) is 13.3 Å². The molecule has 0 aromatic heterocycles. The first-order valence-corrected chi connectivity index (χ1v) is 5.64. The van der Waals surface area contributed by atoms with Crippen molar-refractivity contribution in [2.75, 3.05) is 20.2 Å². The van der Waals surface area contributed by atoms with Gasteiger partial charge in [0, 0.05) is 5.02 Å². The van der Waals surface area contributed by atoms with Crippen molar-refractivity contribution in [1.82, 2.24) is 5.32 Å². The zero-order valence-corrected chi connectivity index (χ0v) is 10.6. The highest BCUT2D eigenvalue weighted by molar-refractivity contribution is 6.31. The molecule has 0 heterocycles. The van der Waals surface area contributed by atoms with Gasteiger partial charge in [-0.2, -0.15) is 0 Å². The summed E-state index contributed by atoms with van der Waals surface area (Å²) < 4.78 is 17.8. The average molecular weight is 260 g/mol. The number of hydrogen-bond donors (Lipinski definition) is 1. The lowest BCUT2D eigenvalue weighted by Crippen LogP contribution is -2.25. The zero-order chi connectivity index (χ0) is 12.8. The van der Waals surface area contributed by atoms with Gasteiger partial charge in [-0.25, -0.2) is 4.39 Å². The fraction of sp³-hybridized carbons (Fsp3) is 0.417. The van der Waals surface area contributed by atoms with Crippen molar-refractivity contribution in [2.24, 2.45) is 0 Å². The second-order valence-electron chi connectivity index (χ2n) is 3.70. The lowest BCUT2D eigenvalue weighted by atomic mass is 10.1. The third-order valence-electron chi connectivity index (χ3n) is 2.40. The Morgan fingerprint density at radius 1 is 1.53 bits per heavy atom. The number of carbonyl (C=O) groups excluding carboxylic acids is 1. The average Bonchev–Trinajstić information content (AvgIpc) is 2.30. The number of aryl methyl sites for hydroxylation is 1. The van der Waals surface area contributed by atoms with Crippen LogP contribution in [0.25, 0.3) is 0 Å². The molecular formula is C12H15ClFNO2. The van der Waals surface area contributed by atoms with E-state index in [2.05, 4.69) is 10.1 Å². The number of hydrogen-bond acceptors (Lipinski definition) is 3. The number of esters is 1. The molecule has 0 atom stereocenters. The summed E-state index contributed by atoms with van der Waals surface area (Å²) in [4.78, 5) is 10.8. The van der Waals surface area contributed by atoms with Gasteiger partial charge in [0.05, 0.1) is 13.7 Å². The van der Waals surface area contributed by atoms with Crippen LogP contribution < -0.4 is 5.32 Å². The Morgan fingerprint density at radius 2 is 2.24 bits per heavy atom. The SMILES string of the molecule is COC(=O)CNCCc1cc(F)c(C)cc1Cl. The third kappa shape index (κ3) is 4.32. The van der Waals surface area contributed by atoms with E-state index >= 15 is 0 Å². The van der Waals surface area contributed by atoms with Gasteiger partial charge in [-0.3, -0.25) is 4.79 Å². The zero-order valence-electron chi connectivity index (χ0n) is 9.85. The van der Waals surface area contributed by atoms with Gasteiger partial charge in [-0.05, 0) is 43.1 Å². The third-order valence-corrected chi connectivity index (χ3v) is 2.75. The molecule has 94 valence electrons. The highest BCUT2D eigenvalue weighted by Gasteiger charge is 2.06. The van der Waals surface area contributed by atoms with Crippen LogP contribution in [0.3, 0.4) is 0 Å². The largest absolute Gasteiger partial charge is 0.468 e. The maximum atomic E-state index is 13.3. The van der Waals surface area contributed by atoms with Crippen LogP contribution in [0.1, 0.15) is 11.1 Å². The monoisotopic (exact) mass is 259 g/mol. The summed E-state index contributed by atoms with van der Waals surface area (Å²) >= 11 is 5.98. The molecule has 3 nitrogen and oxygen atoms in total. The number of ether oxygens (including phenoxy) is 1. The molecule has 17 heavy (non-hydrogen) atoms. The van der Waals surface area contributed by atoms with Crippen LogP contribution in [-0.4, -0.2) is 26.2 Å². The minimum atomic E-state index is -0.328. The van der Waals surface area contributed by atoms with E-state index in [-0.39, 0.29) is 18.3 Å². The van der Waals surface area contributed by atoms with Crippen molar-refractivity contribution in [3.63, 3.8) is 0 Å². The molecule has 0 unspecified atom stereocenters. The van der Waals surface area contributed by atoms with Gasteiger partial charge < -0.3 is 10.1 Å². The second kappa shape index (κ2) is 6.57. The van der Waals surface area contributed by atoms with Gasteiger partial charge >= 0.3 is 5.97 Å². The van der Waals surface area contributed by atoms with E-state index in [1.54, 1.807) is 13.0 Å². The van der Waals surface area contributed by atoms with Crippen molar-refractivity contribution < 1.29 is 13.9 Å². The molecule has 5 heteroatoms. The Morgan fingerprint density at radius 3 is 2.88 bits per heavy atom. The normalized spacial score (nSPS) is 10.4. The molecule has 1 rings (SSSR count). The molecule has 1 aromatic carbocycles. The summed E-state index contributed by atoms with van der Waals surface area (Å²) in [6.07, 6.45) is 0.563. The maximum Gasteiger partial charge on any atom is 0.319 e. The Labute approximate surface area is 105 Å². The number of rotatable bonds is 5. The van der Waals surface area contributed by atoms with E-state index < -0.39 is 0 Å². The van der Waals surface area contributed by atoms with Gasteiger partial charge in [0.25, 0.3) is 0 Å². The van der Waals surface area contributed by atoms with Crippen LogP contribution >= 0.6 is 11.6 Å². The summed E-state index contributed by atoms with van der Waals surface area (Å²) in [5.41, 5.74) is 1.26. The molecule has 0 aliphatic carbocycles. The molecule has 0 radical (unpaired) electrons. The molecule has 0 amide bonds. The maximum absolute atomic E-state index is 13.3. The van der Waals surface area contributed by atoms with E-state index in [1.165, 1.54) is 13.2 Å². The van der Waals surface area contributed by atoms with Crippen LogP contribution in [0.15, 0.2) is 12.1 Å². The van der Waals surface area contributed by atoms with Crippen molar-refractivity contribution in [1.29, 1.82) is 0 Å².